The van der Waals surface area contributed by atoms with E-state index in [0.29, 0.717) is 6.54 Å². The Balaban J connectivity index is 0.00000220. The van der Waals surface area contributed by atoms with Crippen molar-refractivity contribution < 1.29 is 4.79 Å². The van der Waals surface area contributed by atoms with Gasteiger partial charge in [0.2, 0.25) is 5.91 Å². The van der Waals surface area contributed by atoms with E-state index in [2.05, 4.69) is 29.7 Å². The number of carbonyl (C=O) groups excluding carboxylic acids is 1. The first-order valence-electron chi connectivity index (χ1n) is 7.50. The number of likely N-dealkylation sites (N-methyl/N-ethyl adjacent to an activating group) is 1. The molecule has 1 aromatic rings. The van der Waals surface area contributed by atoms with Crippen LogP contribution in [0.3, 0.4) is 0 Å². The number of carbonyl (C=O) groups is 1. The summed E-state index contributed by atoms with van der Waals surface area (Å²) in [6.07, 6.45) is 4.28. The molecule has 0 unspecified atom stereocenters. The van der Waals surface area contributed by atoms with Crippen molar-refractivity contribution >= 4 is 30.1 Å². The molecule has 2 N–H and O–H groups in total. The zero-order valence-electron chi connectivity index (χ0n) is 12.6. The highest BCUT2D eigenvalue weighted by Crippen LogP contribution is 2.45. The molecule has 1 aromatic carbocycles. The maximum atomic E-state index is 12.6. The molecule has 1 fully saturated rings. The van der Waals surface area contributed by atoms with Gasteiger partial charge >= 0.3 is 0 Å². The van der Waals surface area contributed by atoms with Gasteiger partial charge in [-0.15, -0.1) is 24.2 Å². The Bertz CT molecular complexity index is 422. The van der Waals surface area contributed by atoms with E-state index in [0.717, 1.165) is 38.8 Å². The molecule has 2 rings (SSSR count). The average molecular weight is 329 g/mol. The highest BCUT2D eigenvalue weighted by Gasteiger charge is 2.41. The molecule has 3 nitrogen and oxygen atoms in total. The number of thioether (sulfide) groups is 1. The zero-order valence-corrected chi connectivity index (χ0v) is 14.2. The molecule has 118 valence electrons. The molecule has 1 saturated carbocycles. The molecule has 5 heteroatoms. The maximum absolute atomic E-state index is 12.6. The predicted molar refractivity (Wildman–Crippen MR) is 92.3 cm³/mol. The van der Waals surface area contributed by atoms with Gasteiger partial charge in [0.05, 0.1) is 4.75 Å². The van der Waals surface area contributed by atoms with Crippen LogP contribution < -0.4 is 10.6 Å². The average Bonchev–Trinajstić information content (AvgIpc) is 2.94. The molecule has 1 amide bonds. The van der Waals surface area contributed by atoms with E-state index in [1.54, 1.807) is 11.8 Å². The van der Waals surface area contributed by atoms with Gasteiger partial charge in [-0.3, -0.25) is 4.79 Å². The Kier molecular flexibility index (Phi) is 8.15. The van der Waals surface area contributed by atoms with Crippen LogP contribution >= 0.6 is 24.2 Å². The highest BCUT2D eigenvalue weighted by atomic mass is 35.5. The van der Waals surface area contributed by atoms with E-state index >= 15 is 0 Å². The van der Waals surface area contributed by atoms with Crippen molar-refractivity contribution in [1.29, 1.82) is 0 Å². The topological polar surface area (TPSA) is 41.1 Å². The van der Waals surface area contributed by atoms with Gasteiger partial charge in [-0.25, -0.2) is 0 Å². The van der Waals surface area contributed by atoms with Crippen LogP contribution in [0.2, 0.25) is 0 Å². The van der Waals surface area contributed by atoms with Crippen LogP contribution in [0.1, 0.15) is 32.6 Å². The third-order valence-corrected chi connectivity index (χ3v) is 5.21. The van der Waals surface area contributed by atoms with Gasteiger partial charge in [-0.1, -0.05) is 38.0 Å². The van der Waals surface area contributed by atoms with Crippen molar-refractivity contribution in [2.24, 2.45) is 0 Å². The third-order valence-electron chi connectivity index (χ3n) is 3.72. The van der Waals surface area contributed by atoms with Gasteiger partial charge in [0.25, 0.3) is 0 Å². The second-order valence-electron chi connectivity index (χ2n) is 5.23. The largest absolute Gasteiger partial charge is 0.354 e. The number of nitrogens with one attached hydrogen (secondary N) is 2. The summed E-state index contributed by atoms with van der Waals surface area (Å²) in [6, 6.07) is 10.3. The fourth-order valence-corrected chi connectivity index (χ4v) is 4.04. The summed E-state index contributed by atoms with van der Waals surface area (Å²) in [4.78, 5) is 13.8. The van der Waals surface area contributed by atoms with Gasteiger partial charge in [0, 0.05) is 18.0 Å². The number of amides is 1. The van der Waals surface area contributed by atoms with Gasteiger partial charge in [-0.05, 0) is 31.5 Å². The van der Waals surface area contributed by atoms with Crippen molar-refractivity contribution in [2.45, 2.75) is 42.2 Å². The lowest BCUT2D eigenvalue weighted by molar-refractivity contribution is -0.123. The predicted octanol–water partition coefficient (Wildman–Crippen LogP) is 3.24. The Morgan fingerprint density at radius 2 is 1.86 bits per heavy atom. The van der Waals surface area contributed by atoms with Crippen LogP contribution in [0.15, 0.2) is 35.2 Å². The van der Waals surface area contributed by atoms with E-state index in [-0.39, 0.29) is 23.1 Å². The molecule has 0 aliphatic heterocycles. The van der Waals surface area contributed by atoms with Gasteiger partial charge < -0.3 is 10.6 Å². The van der Waals surface area contributed by atoms with Gasteiger partial charge in [-0.2, -0.15) is 0 Å². The summed E-state index contributed by atoms with van der Waals surface area (Å²) in [7, 11) is 0. The van der Waals surface area contributed by atoms with Crippen LogP contribution in [-0.4, -0.2) is 30.3 Å². The Morgan fingerprint density at radius 1 is 1.19 bits per heavy atom. The van der Waals surface area contributed by atoms with Gasteiger partial charge in [0.15, 0.2) is 0 Å². The van der Waals surface area contributed by atoms with Crippen LogP contribution in [0.4, 0.5) is 0 Å². The number of halogens is 1. The number of rotatable bonds is 7. The maximum Gasteiger partial charge on any atom is 0.236 e. The van der Waals surface area contributed by atoms with Crippen molar-refractivity contribution in [3.05, 3.63) is 30.3 Å². The molecule has 0 atom stereocenters. The fraction of sp³-hybridized carbons (Fsp3) is 0.562. The van der Waals surface area contributed by atoms with E-state index in [1.165, 1.54) is 4.90 Å². The summed E-state index contributed by atoms with van der Waals surface area (Å²) in [5.74, 6) is 0.210. The van der Waals surface area contributed by atoms with Crippen LogP contribution in [0, 0.1) is 0 Å². The van der Waals surface area contributed by atoms with Crippen LogP contribution in [0.5, 0.6) is 0 Å². The normalized spacial score (nSPS) is 16.2. The van der Waals surface area contributed by atoms with Crippen molar-refractivity contribution in [3.63, 3.8) is 0 Å². The highest BCUT2D eigenvalue weighted by molar-refractivity contribution is 8.01. The van der Waals surface area contributed by atoms with Crippen molar-refractivity contribution in [3.8, 4) is 0 Å². The summed E-state index contributed by atoms with van der Waals surface area (Å²) in [5.41, 5.74) is 0. The minimum absolute atomic E-state index is 0. The number of hydrogen-bond acceptors (Lipinski definition) is 3. The zero-order chi connectivity index (χ0) is 14.3. The van der Waals surface area contributed by atoms with E-state index in [9.17, 15) is 4.79 Å². The van der Waals surface area contributed by atoms with E-state index < -0.39 is 0 Å². The second kappa shape index (κ2) is 9.34. The van der Waals surface area contributed by atoms with Crippen molar-refractivity contribution in [1.82, 2.24) is 10.6 Å². The first-order chi connectivity index (χ1) is 9.77. The molecular formula is C16H25ClN2OS. The lowest BCUT2D eigenvalue weighted by atomic mass is 10.1. The number of benzene rings is 1. The fourth-order valence-electron chi connectivity index (χ4n) is 2.64. The molecule has 1 aliphatic rings. The summed E-state index contributed by atoms with van der Waals surface area (Å²) in [6.45, 7) is 4.57. The number of hydrogen-bond donors (Lipinski definition) is 2. The molecule has 0 spiro atoms. The lowest BCUT2D eigenvalue weighted by Crippen LogP contribution is -2.44. The quantitative estimate of drug-likeness (QED) is 0.755. The summed E-state index contributed by atoms with van der Waals surface area (Å²) >= 11 is 1.74. The lowest BCUT2D eigenvalue weighted by Gasteiger charge is -2.27. The standard InChI is InChI=1S/C16H24N2OS.ClH/c1-2-17-12-13-18-15(19)16(10-6-7-11-16)20-14-8-4-3-5-9-14;/h3-5,8-9,17H,2,6-7,10-13H2,1H3,(H,18,19);1H. The molecule has 1 aliphatic carbocycles. The summed E-state index contributed by atoms with van der Waals surface area (Å²) in [5, 5.41) is 6.33. The molecule has 0 bridgehead atoms. The summed E-state index contributed by atoms with van der Waals surface area (Å²) < 4.78 is -0.256. The van der Waals surface area contributed by atoms with Gasteiger partial charge in [0.1, 0.15) is 0 Å². The van der Waals surface area contributed by atoms with Crippen molar-refractivity contribution in [2.75, 3.05) is 19.6 Å². The molecular weight excluding hydrogens is 304 g/mol. The SMILES string of the molecule is CCNCCNC(=O)C1(Sc2ccccc2)CCCC1.Cl. The third kappa shape index (κ3) is 5.20. The first kappa shape index (κ1) is 18.3. The van der Waals surface area contributed by atoms with Crippen LogP contribution in [-0.2, 0) is 4.79 Å². The minimum Gasteiger partial charge on any atom is -0.354 e. The Labute approximate surface area is 138 Å². The monoisotopic (exact) mass is 328 g/mol. The first-order valence-corrected chi connectivity index (χ1v) is 8.31. The smallest absolute Gasteiger partial charge is 0.236 e. The van der Waals surface area contributed by atoms with E-state index in [4.69, 9.17) is 0 Å². The minimum atomic E-state index is -0.256. The molecule has 0 radical (unpaired) electrons. The Hall–Kier alpha value is -0.710. The molecule has 21 heavy (non-hydrogen) atoms. The molecule has 0 heterocycles. The molecule has 0 aromatic heterocycles. The second-order valence-corrected chi connectivity index (χ2v) is 6.68. The Morgan fingerprint density at radius 3 is 2.48 bits per heavy atom. The van der Waals surface area contributed by atoms with E-state index in [1.807, 2.05) is 18.2 Å². The van der Waals surface area contributed by atoms with Crippen LogP contribution in [0.25, 0.3) is 0 Å². The molecule has 0 saturated heterocycles.